The molecule has 0 aliphatic carbocycles. The number of rotatable bonds is 2. The van der Waals surface area contributed by atoms with Crippen LogP contribution in [0.15, 0.2) is 12.3 Å². The van der Waals surface area contributed by atoms with Crippen molar-refractivity contribution in [1.29, 1.82) is 0 Å². The molecule has 4 nitrogen and oxygen atoms in total. The first-order chi connectivity index (χ1) is 6.22. The van der Waals surface area contributed by atoms with Gasteiger partial charge in [-0.1, -0.05) is 11.8 Å². The molecule has 0 saturated heterocycles. The number of hydrogen-bond donors (Lipinski definition) is 2. The van der Waals surface area contributed by atoms with Crippen LogP contribution in [0, 0.1) is 11.8 Å². The monoisotopic (exact) mass is 176 g/mol. The summed E-state index contributed by atoms with van der Waals surface area (Å²) in [5, 5.41) is 0. The van der Waals surface area contributed by atoms with E-state index in [4.69, 9.17) is 5.73 Å². The second kappa shape index (κ2) is 4.12. The highest BCUT2D eigenvalue weighted by Gasteiger charge is 1.93. The standard InChI is InChI=1S/C9H8N2O2/c10-9(13)3-1-2-7-4-8(6-12)11-5-7/h4-6,11H,3H2,(H2,10,13). The summed E-state index contributed by atoms with van der Waals surface area (Å²) in [4.78, 5) is 23.3. The Morgan fingerprint density at radius 2 is 2.46 bits per heavy atom. The molecule has 0 fully saturated rings. The van der Waals surface area contributed by atoms with E-state index in [2.05, 4.69) is 16.8 Å². The Hall–Kier alpha value is -2.02. The molecule has 1 amide bonds. The van der Waals surface area contributed by atoms with Crippen LogP contribution in [0.1, 0.15) is 22.5 Å². The molecule has 1 aromatic heterocycles. The van der Waals surface area contributed by atoms with E-state index in [0.717, 1.165) is 0 Å². The Labute approximate surface area is 75.1 Å². The Kier molecular flexibility index (Phi) is 2.87. The molecule has 0 radical (unpaired) electrons. The predicted molar refractivity (Wildman–Crippen MR) is 46.9 cm³/mol. The highest BCUT2D eigenvalue weighted by Crippen LogP contribution is 1.98. The maximum absolute atomic E-state index is 10.3. The summed E-state index contributed by atoms with van der Waals surface area (Å²) in [6, 6.07) is 1.60. The third-order valence-electron chi connectivity index (χ3n) is 1.33. The van der Waals surface area contributed by atoms with Crippen LogP contribution in [0.5, 0.6) is 0 Å². The fraction of sp³-hybridized carbons (Fsp3) is 0.111. The van der Waals surface area contributed by atoms with Gasteiger partial charge in [0, 0.05) is 11.8 Å². The van der Waals surface area contributed by atoms with Crippen LogP contribution in [0.2, 0.25) is 0 Å². The fourth-order valence-electron chi connectivity index (χ4n) is 0.786. The normalized spacial score (nSPS) is 8.62. The lowest BCUT2D eigenvalue weighted by atomic mass is 10.3. The summed E-state index contributed by atoms with van der Waals surface area (Å²) in [5.74, 6) is 4.81. The van der Waals surface area contributed by atoms with Crippen molar-refractivity contribution in [2.24, 2.45) is 5.73 Å². The maximum Gasteiger partial charge on any atom is 0.229 e. The molecule has 0 saturated carbocycles. The van der Waals surface area contributed by atoms with Crippen molar-refractivity contribution >= 4 is 12.2 Å². The molecule has 3 N–H and O–H groups in total. The van der Waals surface area contributed by atoms with Crippen LogP contribution >= 0.6 is 0 Å². The van der Waals surface area contributed by atoms with Crippen molar-refractivity contribution in [3.05, 3.63) is 23.5 Å². The number of carbonyl (C=O) groups excluding carboxylic acids is 2. The van der Waals surface area contributed by atoms with Gasteiger partial charge in [0.15, 0.2) is 6.29 Å². The Morgan fingerprint density at radius 3 is 3.00 bits per heavy atom. The van der Waals surface area contributed by atoms with Gasteiger partial charge in [-0.15, -0.1) is 0 Å². The lowest BCUT2D eigenvalue weighted by molar-refractivity contribution is -0.117. The van der Waals surface area contributed by atoms with Crippen molar-refractivity contribution < 1.29 is 9.59 Å². The molecule has 1 heterocycles. The number of amides is 1. The predicted octanol–water partition coefficient (Wildman–Crippen LogP) is 0.0541. The van der Waals surface area contributed by atoms with E-state index < -0.39 is 5.91 Å². The van der Waals surface area contributed by atoms with Gasteiger partial charge in [-0.05, 0) is 6.07 Å². The highest BCUT2D eigenvalue weighted by atomic mass is 16.1. The number of aromatic amines is 1. The molecular weight excluding hydrogens is 168 g/mol. The number of H-pyrrole nitrogens is 1. The molecule has 0 atom stereocenters. The third-order valence-corrected chi connectivity index (χ3v) is 1.33. The SMILES string of the molecule is NC(=O)CC#Cc1c[nH]c(C=O)c1. The average molecular weight is 176 g/mol. The van der Waals surface area contributed by atoms with Crippen LogP contribution in [-0.4, -0.2) is 17.2 Å². The van der Waals surface area contributed by atoms with Crippen LogP contribution in [-0.2, 0) is 4.79 Å². The van der Waals surface area contributed by atoms with Crippen LogP contribution in [0.25, 0.3) is 0 Å². The first-order valence-corrected chi connectivity index (χ1v) is 3.63. The number of carbonyl (C=O) groups is 2. The summed E-state index contributed by atoms with van der Waals surface area (Å²) in [5.41, 5.74) is 6.01. The zero-order valence-corrected chi connectivity index (χ0v) is 6.83. The zero-order chi connectivity index (χ0) is 9.68. The van der Waals surface area contributed by atoms with Gasteiger partial charge in [-0.25, -0.2) is 0 Å². The topological polar surface area (TPSA) is 76.0 Å². The summed E-state index contributed by atoms with van der Waals surface area (Å²) in [7, 11) is 0. The lowest BCUT2D eigenvalue weighted by Crippen LogP contribution is -2.08. The van der Waals surface area contributed by atoms with Gasteiger partial charge >= 0.3 is 0 Å². The van der Waals surface area contributed by atoms with E-state index >= 15 is 0 Å². The van der Waals surface area contributed by atoms with Gasteiger partial charge in [-0.3, -0.25) is 9.59 Å². The smallest absolute Gasteiger partial charge is 0.229 e. The highest BCUT2D eigenvalue weighted by molar-refractivity contribution is 5.77. The minimum Gasteiger partial charge on any atom is -0.369 e. The molecule has 0 bridgehead atoms. The molecular formula is C9H8N2O2. The van der Waals surface area contributed by atoms with Gasteiger partial charge in [0.2, 0.25) is 5.91 Å². The Balaban J connectivity index is 2.66. The van der Waals surface area contributed by atoms with Crippen molar-refractivity contribution in [2.75, 3.05) is 0 Å². The van der Waals surface area contributed by atoms with E-state index in [1.807, 2.05) is 0 Å². The molecule has 4 heteroatoms. The van der Waals surface area contributed by atoms with Gasteiger partial charge in [-0.2, -0.15) is 0 Å². The zero-order valence-electron chi connectivity index (χ0n) is 6.83. The number of nitrogens with one attached hydrogen (secondary N) is 1. The molecule has 13 heavy (non-hydrogen) atoms. The van der Waals surface area contributed by atoms with Gasteiger partial charge in [0.25, 0.3) is 0 Å². The summed E-state index contributed by atoms with van der Waals surface area (Å²) >= 11 is 0. The molecule has 0 aliphatic heterocycles. The molecule has 0 unspecified atom stereocenters. The second-order valence-corrected chi connectivity index (χ2v) is 2.41. The van der Waals surface area contributed by atoms with E-state index in [0.29, 0.717) is 17.5 Å². The Morgan fingerprint density at radius 1 is 1.69 bits per heavy atom. The quantitative estimate of drug-likeness (QED) is 0.493. The minimum absolute atomic E-state index is 0.0294. The van der Waals surface area contributed by atoms with Gasteiger partial charge in [0.05, 0.1) is 12.1 Å². The number of primary amides is 1. The van der Waals surface area contributed by atoms with Crippen molar-refractivity contribution in [1.82, 2.24) is 4.98 Å². The van der Waals surface area contributed by atoms with Crippen molar-refractivity contribution in [3.63, 3.8) is 0 Å². The summed E-state index contributed by atoms with van der Waals surface area (Å²) < 4.78 is 0. The third kappa shape index (κ3) is 2.83. The minimum atomic E-state index is -0.460. The Bertz CT molecular complexity index is 382. The molecule has 0 spiro atoms. The lowest BCUT2D eigenvalue weighted by Gasteiger charge is -1.79. The molecule has 0 aliphatic rings. The number of hydrogen-bond acceptors (Lipinski definition) is 2. The number of aromatic nitrogens is 1. The van der Waals surface area contributed by atoms with Crippen LogP contribution in [0.4, 0.5) is 0 Å². The van der Waals surface area contributed by atoms with E-state index in [1.165, 1.54) is 0 Å². The molecule has 0 aromatic carbocycles. The first-order valence-electron chi connectivity index (χ1n) is 3.63. The van der Waals surface area contributed by atoms with Gasteiger partial charge < -0.3 is 10.7 Å². The van der Waals surface area contributed by atoms with Crippen molar-refractivity contribution in [3.8, 4) is 11.8 Å². The summed E-state index contributed by atoms with van der Waals surface area (Å²) in [6.45, 7) is 0. The van der Waals surface area contributed by atoms with Crippen molar-refractivity contribution in [2.45, 2.75) is 6.42 Å². The molecule has 1 rings (SSSR count). The van der Waals surface area contributed by atoms with Gasteiger partial charge in [0.1, 0.15) is 0 Å². The number of aldehydes is 1. The van der Waals surface area contributed by atoms with E-state index in [1.54, 1.807) is 12.3 Å². The van der Waals surface area contributed by atoms with E-state index in [-0.39, 0.29) is 6.42 Å². The van der Waals surface area contributed by atoms with Crippen LogP contribution in [0.3, 0.4) is 0 Å². The summed E-state index contributed by atoms with van der Waals surface area (Å²) in [6.07, 6.45) is 2.32. The van der Waals surface area contributed by atoms with E-state index in [9.17, 15) is 9.59 Å². The second-order valence-electron chi connectivity index (χ2n) is 2.41. The van der Waals surface area contributed by atoms with Crippen LogP contribution < -0.4 is 5.73 Å². The fourth-order valence-corrected chi connectivity index (χ4v) is 0.786. The molecule has 66 valence electrons. The first kappa shape index (κ1) is 9.07. The number of nitrogens with two attached hydrogens (primary N) is 1. The average Bonchev–Trinajstić information content (AvgIpc) is 2.52. The molecule has 1 aromatic rings. The largest absolute Gasteiger partial charge is 0.369 e. The maximum atomic E-state index is 10.3.